The fraction of sp³-hybridized carbons (Fsp3) is 0.556. The average Bonchev–Trinajstić information content (AvgIpc) is 2.59. The normalized spacial score (nSPS) is 11.2. The molecular weight excluding hydrogens is 230 g/mol. The van der Waals surface area contributed by atoms with E-state index in [0.29, 0.717) is 6.42 Å². The van der Waals surface area contributed by atoms with Crippen LogP contribution in [0, 0.1) is 15.3 Å². The van der Waals surface area contributed by atoms with Crippen LogP contribution in [0.1, 0.15) is 25.8 Å². The van der Waals surface area contributed by atoms with Crippen molar-refractivity contribution >= 4 is 5.97 Å². The molecule has 0 radical (unpaired) electrons. The van der Waals surface area contributed by atoms with Crippen molar-refractivity contribution in [2.45, 2.75) is 25.8 Å². The highest BCUT2D eigenvalue weighted by molar-refractivity contribution is 5.71. The molecule has 17 heavy (non-hydrogen) atoms. The van der Waals surface area contributed by atoms with E-state index in [1.165, 1.54) is 0 Å². The van der Waals surface area contributed by atoms with Gasteiger partial charge < -0.3 is 20.4 Å². The number of nitrogens with zero attached hydrogens (tertiary/aromatic N) is 3. The Kier molecular flexibility index (Phi) is 6.30. The molecule has 0 aliphatic carbocycles. The summed E-state index contributed by atoms with van der Waals surface area (Å²) in [6.07, 6.45) is 6.96. The van der Waals surface area contributed by atoms with Crippen LogP contribution in [-0.4, -0.2) is 20.7 Å². The van der Waals surface area contributed by atoms with E-state index < -0.39 is 17.1 Å². The standard InChI is InChI=1S/C9H14N2O2.NO3/c1-3-4-8(9(12)13)11-6-5-10(2)7-11;2-1(3)4/h5-8H,3-4H2,1-2H3;/q;-1/p+1. The smallest absolute Gasteiger partial charge is 0.349 e. The third-order valence-electron chi connectivity index (χ3n) is 2.00. The number of carbonyl (C=O) groups is 1. The van der Waals surface area contributed by atoms with Crippen LogP contribution in [0.25, 0.3) is 0 Å². The number of aryl methyl sites for hydroxylation is 1. The van der Waals surface area contributed by atoms with Crippen molar-refractivity contribution in [3.8, 4) is 0 Å². The van der Waals surface area contributed by atoms with Gasteiger partial charge in [-0.1, -0.05) is 13.3 Å². The minimum Gasteiger partial charge on any atom is -0.478 e. The highest BCUT2D eigenvalue weighted by atomic mass is 16.9. The second-order valence-electron chi connectivity index (χ2n) is 3.39. The third-order valence-corrected chi connectivity index (χ3v) is 2.00. The molecule has 0 aromatic carbocycles. The van der Waals surface area contributed by atoms with Crippen molar-refractivity contribution in [1.82, 2.24) is 4.57 Å². The molecule has 1 aromatic rings. The summed E-state index contributed by atoms with van der Waals surface area (Å²) in [5.74, 6) is -0.766. The number of imidazole rings is 1. The highest BCUT2D eigenvalue weighted by Crippen LogP contribution is 2.12. The van der Waals surface area contributed by atoms with Crippen molar-refractivity contribution in [2.75, 3.05) is 0 Å². The molecule has 96 valence electrons. The van der Waals surface area contributed by atoms with Gasteiger partial charge >= 0.3 is 5.97 Å². The average molecular weight is 245 g/mol. The van der Waals surface area contributed by atoms with Gasteiger partial charge in [0.2, 0.25) is 6.33 Å². The number of aliphatic carboxylic acids is 1. The molecule has 0 spiro atoms. The maximum absolute atomic E-state index is 10.9. The molecule has 0 bridgehead atoms. The first-order chi connectivity index (χ1) is 7.88. The Hall–Kier alpha value is -2.12. The van der Waals surface area contributed by atoms with Crippen molar-refractivity contribution in [1.29, 1.82) is 0 Å². The SMILES string of the molecule is CCCC(C(=O)O)n1cc[n+](C)c1.O=[N+]([O-])[O-]. The molecule has 0 saturated carbocycles. The number of hydrogen-bond donors (Lipinski definition) is 1. The van der Waals surface area contributed by atoms with Gasteiger partial charge in [0.25, 0.3) is 0 Å². The van der Waals surface area contributed by atoms with Gasteiger partial charge in [0.1, 0.15) is 12.4 Å². The van der Waals surface area contributed by atoms with E-state index in [0.717, 1.165) is 6.42 Å². The lowest BCUT2D eigenvalue weighted by Crippen LogP contribution is -2.26. The first-order valence-corrected chi connectivity index (χ1v) is 4.95. The highest BCUT2D eigenvalue weighted by Gasteiger charge is 2.22. The molecule has 1 N–H and O–H groups in total. The van der Waals surface area contributed by atoms with Crippen molar-refractivity contribution < 1.29 is 19.6 Å². The maximum atomic E-state index is 10.9. The van der Waals surface area contributed by atoms with Crippen LogP contribution in [0.3, 0.4) is 0 Å². The van der Waals surface area contributed by atoms with E-state index in [1.807, 2.05) is 24.7 Å². The Bertz CT molecular complexity index is 372. The minimum absolute atomic E-state index is 0.425. The Morgan fingerprint density at radius 3 is 2.41 bits per heavy atom. The Morgan fingerprint density at radius 2 is 2.12 bits per heavy atom. The molecule has 0 fully saturated rings. The van der Waals surface area contributed by atoms with Crippen LogP contribution < -0.4 is 4.57 Å². The molecule has 1 heterocycles. The van der Waals surface area contributed by atoms with Crippen LogP contribution in [-0.2, 0) is 11.8 Å². The summed E-state index contributed by atoms with van der Waals surface area (Å²) in [6.45, 7) is 1.99. The molecule has 1 unspecified atom stereocenters. The van der Waals surface area contributed by atoms with Crippen molar-refractivity contribution in [3.63, 3.8) is 0 Å². The third kappa shape index (κ3) is 6.13. The minimum atomic E-state index is -1.75. The van der Waals surface area contributed by atoms with Gasteiger partial charge in [0.15, 0.2) is 6.04 Å². The van der Waals surface area contributed by atoms with Crippen LogP contribution in [0.4, 0.5) is 0 Å². The molecule has 1 rings (SSSR count). The van der Waals surface area contributed by atoms with Gasteiger partial charge in [0, 0.05) is 0 Å². The largest absolute Gasteiger partial charge is 0.478 e. The zero-order valence-electron chi connectivity index (χ0n) is 9.65. The number of rotatable bonds is 4. The predicted octanol–water partition coefficient (Wildman–Crippen LogP) is 0.499. The molecule has 1 aromatic heterocycles. The zero-order chi connectivity index (χ0) is 13.4. The molecule has 8 heteroatoms. The second kappa shape index (κ2) is 7.20. The Morgan fingerprint density at radius 1 is 1.59 bits per heavy atom. The van der Waals surface area contributed by atoms with E-state index in [2.05, 4.69) is 0 Å². The Labute approximate surface area is 97.8 Å². The van der Waals surface area contributed by atoms with Crippen molar-refractivity contribution in [2.24, 2.45) is 7.05 Å². The molecule has 0 saturated heterocycles. The van der Waals surface area contributed by atoms with Gasteiger partial charge in [0.05, 0.1) is 12.1 Å². The molecule has 8 nitrogen and oxygen atoms in total. The first kappa shape index (κ1) is 14.9. The topological polar surface area (TPSA) is 112 Å². The molecular formula is C9H15N3O5. The summed E-state index contributed by atoms with van der Waals surface area (Å²) >= 11 is 0. The summed E-state index contributed by atoms with van der Waals surface area (Å²) in [5, 5.41) is 23.7. The van der Waals surface area contributed by atoms with E-state index in [-0.39, 0.29) is 0 Å². The molecule has 0 amide bonds. The van der Waals surface area contributed by atoms with Crippen molar-refractivity contribution in [3.05, 3.63) is 34.0 Å². The lowest BCUT2D eigenvalue weighted by atomic mass is 10.2. The van der Waals surface area contributed by atoms with Crippen LogP contribution in [0.15, 0.2) is 18.7 Å². The number of aromatic nitrogens is 2. The molecule has 0 aliphatic rings. The van der Waals surface area contributed by atoms with Crippen LogP contribution in [0.5, 0.6) is 0 Å². The van der Waals surface area contributed by atoms with Gasteiger partial charge in [-0.3, -0.25) is 0 Å². The van der Waals surface area contributed by atoms with E-state index >= 15 is 0 Å². The fourth-order valence-electron chi connectivity index (χ4n) is 1.33. The number of hydrogen-bond acceptors (Lipinski definition) is 4. The summed E-state index contributed by atoms with van der Waals surface area (Å²) < 4.78 is 3.57. The first-order valence-electron chi connectivity index (χ1n) is 4.95. The van der Waals surface area contributed by atoms with Gasteiger partial charge in [-0.25, -0.2) is 13.9 Å². The summed E-state index contributed by atoms with van der Waals surface area (Å²) in [6, 6.07) is -0.425. The fourth-order valence-corrected chi connectivity index (χ4v) is 1.33. The summed E-state index contributed by atoms with van der Waals surface area (Å²) in [7, 11) is 1.88. The molecule has 1 atom stereocenters. The van der Waals surface area contributed by atoms with E-state index in [1.54, 1.807) is 17.1 Å². The van der Waals surface area contributed by atoms with Gasteiger partial charge in [-0.05, 0) is 6.42 Å². The lowest BCUT2D eigenvalue weighted by molar-refractivity contribution is -0.671. The van der Waals surface area contributed by atoms with E-state index in [9.17, 15) is 4.79 Å². The Balaban J connectivity index is 0.000000557. The lowest BCUT2D eigenvalue weighted by Gasteiger charge is -2.06. The predicted molar refractivity (Wildman–Crippen MR) is 57.6 cm³/mol. The van der Waals surface area contributed by atoms with Crippen LogP contribution in [0.2, 0.25) is 0 Å². The summed E-state index contributed by atoms with van der Waals surface area (Å²) in [4.78, 5) is 19.1. The van der Waals surface area contributed by atoms with E-state index in [4.69, 9.17) is 20.4 Å². The van der Waals surface area contributed by atoms with Crippen LogP contribution >= 0.6 is 0 Å². The maximum Gasteiger partial charge on any atom is 0.349 e. The second-order valence-corrected chi connectivity index (χ2v) is 3.39. The number of carboxylic acids is 1. The number of carboxylic acid groups (broad SMARTS) is 1. The van der Waals surface area contributed by atoms with Gasteiger partial charge in [-0.15, -0.1) is 0 Å². The monoisotopic (exact) mass is 245 g/mol. The van der Waals surface area contributed by atoms with Gasteiger partial charge in [-0.2, -0.15) is 0 Å². The quantitative estimate of drug-likeness (QED) is 0.471. The zero-order valence-corrected chi connectivity index (χ0v) is 9.65. The molecule has 0 aliphatic heterocycles. The summed E-state index contributed by atoms with van der Waals surface area (Å²) in [5.41, 5.74) is 0.